The number of aromatic nitrogens is 17. The summed E-state index contributed by atoms with van der Waals surface area (Å²) in [5.41, 5.74) is 7.73. The lowest BCUT2D eigenvalue weighted by atomic mass is 9.84. The maximum atomic E-state index is 12.5. The Morgan fingerprint density at radius 3 is 1.14 bits per heavy atom. The van der Waals surface area contributed by atoms with Crippen LogP contribution < -0.4 is 18.9 Å². The highest BCUT2D eigenvalue weighted by molar-refractivity contribution is 7.90. The van der Waals surface area contributed by atoms with Crippen molar-refractivity contribution in [3.05, 3.63) is 125 Å². The first kappa shape index (κ1) is 91.0. The second-order valence-electron chi connectivity index (χ2n) is 33.7. The highest BCUT2D eigenvalue weighted by Crippen LogP contribution is 2.38. The van der Waals surface area contributed by atoms with E-state index in [1.165, 1.54) is 161 Å². The van der Waals surface area contributed by atoms with E-state index in [0.717, 1.165) is 70.2 Å². The van der Waals surface area contributed by atoms with Crippen molar-refractivity contribution in [2.24, 2.45) is 29.6 Å². The van der Waals surface area contributed by atoms with Crippen molar-refractivity contribution in [1.29, 1.82) is 0 Å². The monoisotopic (exact) mass is 1710 g/mol. The number of benzene rings is 4. The summed E-state index contributed by atoms with van der Waals surface area (Å²) in [5, 5.41) is 51.9. The van der Waals surface area contributed by atoms with Crippen molar-refractivity contribution in [2.75, 3.05) is 41.3 Å². The number of amides is 1. The number of hydrogen-bond donors (Lipinski definition) is 4. The van der Waals surface area contributed by atoms with Gasteiger partial charge in [-0.2, -0.15) is 19.2 Å². The molecule has 5 fully saturated rings. The van der Waals surface area contributed by atoms with E-state index in [0.29, 0.717) is 97.5 Å². The summed E-state index contributed by atoms with van der Waals surface area (Å²) in [5.74, 6) is 4.72. The predicted molar refractivity (Wildman–Crippen MR) is 454 cm³/mol. The van der Waals surface area contributed by atoms with E-state index >= 15 is 0 Å². The molecule has 4 aromatic carbocycles. The number of rotatable bonds is 26. The van der Waals surface area contributed by atoms with Crippen molar-refractivity contribution < 1.29 is 43.2 Å². The smallest absolute Gasteiger partial charge is 0.410 e. The summed E-state index contributed by atoms with van der Waals surface area (Å²) in [4.78, 5) is 25.3. The summed E-state index contributed by atoms with van der Waals surface area (Å²) in [6, 6.07) is 24.9. The molecule has 5 aliphatic rings. The van der Waals surface area contributed by atoms with Gasteiger partial charge in [0.2, 0.25) is 63.4 Å². The molecule has 0 bridgehead atoms. The SMILES string of the molecule is CNS(=O)(=O)c1ccc(CC2CCCCC2)c(-c2nnn(C(C)C)n2)c1.CNS(=O)(=O)c1ccc(CC2CCCCC2)c(-c2nnn(C3CCN(C(=O)OC(C)(C)C)CC3)n2)c1.CNS(=O)(=O)c1ccc(CC2CCCCC2)c(-c2nnn(CC(C)C)n2)c1.CNS(=O)(=O)c1ccc(CC2CCCCC2)c(-c2nnn(Cc3cccnc3)n2)c1. The Kier molecular flexibility index (Phi) is 31.9. The topological polar surface area (TPSA) is 402 Å². The Labute approximate surface area is 702 Å². The standard InChI is InChI=1S/C25H38N6O4S.C21H26N6O2S.C19H29N5O2S.C18H27N5O2S/c1-25(2,3)35-24(32)30-14-12-20(13-15-30)31-28-23(27-29-31)22-17-21(36(33,34)26-4)11-10-19(22)16-18-8-6-5-7-9-18;1-22-30(28,29)19-10-9-18(12-16-6-3-2-4-7-16)20(13-19)21-24-26-27(25-21)15-17-8-5-11-23-14-17;1-14(2)13-24-22-19(21-23-24)18-12-17(27(25,26)20-3)10-9-16(18)11-15-7-5-4-6-8-15;1-13(2)23-21-18(20-22-23)17-12-16(26(24,25)19-3)10-9-15(17)11-14-7-5-4-6-8-14/h10-11,17-18,20,26H,5-9,12-16H2,1-4H3;5,8-11,13-14,16,22H,2-4,6-7,12,15H2,1H3;9-10,12,14-15,20H,4-8,11,13H2,1-3H3;9-10,12-14,19H,4-8,11H2,1-3H3. The zero-order chi connectivity index (χ0) is 85.1. The van der Waals surface area contributed by atoms with E-state index in [1.54, 1.807) is 80.2 Å². The normalized spacial score (nSPS) is 16.7. The van der Waals surface area contributed by atoms with Crippen LogP contribution in [-0.4, -0.2) is 177 Å². The molecule has 0 unspecified atom stereocenters. The summed E-state index contributed by atoms with van der Waals surface area (Å²) in [6.07, 6.45) is 33.1. The first-order valence-corrected chi connectivity index (χ1v) is 48.1. The molecule has 646 valence electrons. The minimum Gasteiger partial charge on any atom is -0.444 e. The Balaban J connectivity index is 0.000000157. The van der Waals surface area contributed by atoms with Gasteiger partial charge in [-0.15, -0.1) is 40.8 Å². The molecule has 0 radical (unpaired) electrons. The molecule has 36 heteroatoms. The fourth-order valence-electron chi connectivity index (χ4n) is 16.2. The Morgan fingerprint density at radius 1 is 0.445 bits per heavy atom. The third-order valence-corrected chi connectivity index (χ3v) is 28.4. The van der Waals surface area contributed by atoms with E-state index in [9.17, 15) is 38.5 Å². The van der Waals surface area contributed by atoms with Crippen molar-refractivity contribution in [2.45, 2.75) is 266 Å². The van der Waals surface area contributed by atoms with Gasteiger partial charge >= 0.3 is 6.09 Å². The molecule has 9 aromatic rings. The van der Waals surface area contributed by atoms with Crippen molar-refractivity contribution in [3.63, 3.8) is 0 Å². The molecule has 1 saturated heterocycles. The lowest BCUT2D eigenvalue weighted by Crippen LogP contribution is -2.42. The van der Waals surface area contributed by atoms with Gasteiger partial charge in [0.25, 0.3) is 0 Å². The minimum absolute atomic E-state index is 0.0101. The maximum Gasteiger partial charge on any atom is 0.410 e. The van der Waals surface area contributed by atoms with Crippen LogP contribution in [0, 0.1) is 29.6 Å². The first-order valence-electron chi connectivity index (χ1n) is 42.2. The van der Waals surface area contributed by atoms with Crippen LogP contribution in [0.2, 0.25) is 0 Å². The van der Waals surface area contributed by atoms with Crippen molar-refractivity contribution in [3.8, 4) is 45.6 Å². The molecule has 32 nitrogen and oxygen atoms in total. The molecule has 1 amide bonds. The lowest BCUT2D eigenvalue weighted by molar-refractivity contribution is 0.0179. The fourth-order valence-corrected chi connectivity index (χ4v) is 19.2. The number of hydrogen-bond acceptors (Lipinski definition) is 23. The summed E-state index contributed by atoms with van der Waals surface area (Å²) in [6.45, 7) is 16.0. The Morgan fingerprint density at radius 2 is 0.798 bits per heavy atom. The van der Waals surface area contributed by atoms with Gasteiger partial charge in [-0.1, -0.05) is 173 Å². The predicted octanol–water partition coefficient (Wildman–Crippen LogP) is 12.7. The molecule has 1 aliphatic heterocycles. The van der Waals surface area contributed by atoms with E-state index in [1.807, 2.05) is 71.0 Å². The van der Waals surface area contributed by atoms with Gasteiger partial charge in [0.05, 0.1) is 44.8 Å². The van der Waals surface area contributed by atoms with Gasteiger partial charge in [0.1, 0.15) is 5.60 Å². The molecule has 119 heavy (non-hydrogen) atoms. The third kappa shape index (κ3) is 25.4. The van der Waals surface area contributed by atoms with Crippen LogP contribution in [0.25, 0.3) is 45.6 Å². The number of sulfonamides is 4. The van der Waals surface area contributed by atoms with Crippen molar-refractivity contribution >= 4 is 46.2 Å². The maximum absolute atomic E-state index is 12.5. The zero-order valence-electron chi connectivity index (χ0n) is 70.8. The van der Waals surface area contributed by atoms with Crippen LogP contribution in [0.5, 0.6) is 0 Å². The summed E-state index contributed by atoms with van der Waals surface area (Å²) in [7, 11) is -8.56. The molecule has 0 spiro atoms. The van der Waals surface area contributed by atoms with Crippen LogP contribution >= 0.6 is 0 Å². The molecular formula is C83H120N22O10S4. The Bertz CT molecular complexity index is 5270. The number of tetrazole rings is 4. The molecule has 6 heterocycles. The molecule has 4 N–H and O–H groups in total. The molecule has 0 atom stereocenters. The average molecular weight is 1710 g/mol. The van der Waals surface area contributed by atoms with Crippen LogP contribution in [0.4, 0.5) is 4.79 Å². The number of nitrogens with one attached hydrogen (secondary N) is 4. The Hall–Kier alpha value is -8.78. The number of nitrogens with zero attached hydrogens (tertiary/aromatic N) is 18. The summed E-state index contributed by atoms with van der Waals surface area (Å²) >= 11 is 0. The van der Waals surface area contributed by atoms with Crippen LogP contribution in [-0.2, 0) is 83.6 Å². The fraction of sp³-hybridized carbons (Fsp3) is 0.590. The van der Waals surface area contributed by atoms with Crippen LogP contribution in [0.3, 0.4) is 0 Å². The largest absolute Gasteiger partial charge is 0.444 e. The van der Waals surface area contributed by atoms with Gasteiger partial charge in [0, 0.05) is 47.7 Å². The highest BCUT2D eigenvalue weighted by atomic mass is 32.2. The molecular weight excluding hydrogens is 1590 g/mol. The number of pyridine rings is 1. The van der Waals surface area contributed by atoms with Gasteiger partial charge in [-0.3, -0.25) is 4.98 Å². The van der Waals surface area contributed by atoms with E-state index in [-0.39, 0.29) is 37.8 Å². The number of likely N-dealkylation sites (tertiary alicyclic amines) is 1. The van der Waals surface area contributed by atoms with E-state index in [2.05, 4.69) is 99.4 Å². The minimum atomic E-state index is -3.60. The number of carbonyl (C=O) groups excluding carboxylic acids is 1. The average Bonchev–Trinajstić information content (AvgIpc) is 1.78. The second kappa shape index (κ2) is 41.7. The molecule has 4 aliphatic carbocycles. The van der Waals surface area contributed by atoms with Crippen molar-refractivity contribution in [1.82, 2.24) is 110 Å². The molecule has 14 rings (SSSR count). The number of ether oxygens (including phenoxy) is 1. The first-order chi connectivity index (χ1) is 56.9. The number of piperidine rings is 1. The van der Waals surface area contributed by atoms with Gasteiger partial charge in [0.15, 0.2) is 0 Å². The zero-order valence-corrected chi connectivity index (χ0v) is 74.0. The quantitative estimate of drug-likeness (QED) is 0.0391. The van der Waals surface area contributed by atoms with Gasteiger partial charge in [-0.05, 0) is 234 Å². The highest BCUT2D eigenvalue weighted by Gasteiger charge is 2.32. The molecule has 4 saturated carbocycles. The van der Waals surface area contributed by atoms with E-state index < -0.39 is 45.7 Å². The number of carbonyl (C=O) groups is 1. The van der Waals surface area contributed by atoms with Crippen LogP contribution in [0.15, 0.2) is 117 Å². The third-order valence-electron chi connectivity index (χ3n) is 22.8. The van der Waals surface area contributed by atoms with E-state index in [4.69, 9.17) is 4.74 Å². The van der Waals surface area contributed by atoms with Crippen LogP contribution in [0.1, 0.15) is 230 Å². The second-order valence-corrected chi connectivity index (χ2v) is 41.2. The summed E-state index contributed by atoms with van der Waals surface area (Å²) < 4.78 is 114. The molecule has 5 aromatic heterocycles. The van der Waals surface area contributed by atoms with Gasteiger partial charge < -0.3 is 9.64 Å². The lowest BCUT2D eigenvalue weighted by Gasteiger charge is -2.32. The van der Waals surface area contributed by atoms with Gasteiger partial charge in [-0.25, -0.2) is 57.4 Å².